The molecule has 0 amide bonds. The van der Waals surface area contributed by atoms with Crippen LogP contribution in [0.1, 0.15) is 43.7 Å². The van der Waals surface area contributed by atoms with Gasteiger partial charge in [-0.15, -0.1) is 0 Å². The smallest absolute Gasteiger partial charge is 0.171 e. The second-order valence-corrected chi connectivity index (χ2v) is 5.88. The number of rotatable bonds is 3. The third-order valence-electron chi connectivity index (χ3n) is 4.66. The van der Waals surface area contributed by atoms with Crippen LogP contribution in [0.4, 0.5) is 11.6 Å². The molecular weight excluding hydrogens is 270 g/mol. The fourth-order valence-corrected chi connectivity index (χ4v) is 3.51. The van der Waals surface area contributed by atoms with Crippen molar-refractivity contribution in [3.8, 4) is 6.07 Å². The molecular formula is C14H21N5O2. The molecule has 1 aliphatic carbocycles. The van der Waals surface area contributed by atoms with Crippen LogP contribution in [-0.2, 0) is 0 Å². The molecule has 4 N–H and O–H groups in total. The number of aliphatic hydroxyl groups excluding tert-OH is 2. The monoisotopic (exact) mass is 291 g/mol. The molecule has 3 rings (SSSR count). The maximum atomic E-state index is 10.1. The van der Waals surface area contributed by atoms with Crippen molar-refractivity contribution in [3.05, 3.63) is 5.56 Å². The first-order valence-corrected chi connectivity index (χ1v) is 7.51. The highest BCUT2D eigenvalue weighted by molar-refractivity contribution is 5.66. The van der Waals surface area contributed by atoms with Gasteiger partial charge in [-0.25, -0.2) is 4.68 Å². The second-order valence-electron chi connectivity index (χ2n) is 5.88. The Labute approximate surface area is 123 Å². The van der Waals surface area contributed by atoms with Crippen LogP contribution < -0.4 is 10.6 Å². The van der Waals surface area contributed by atoms with Gasteiger partial charge < -0.3 is 20.8 Å². The first kappa shape index (κ1) is 14.2. The van der Waals surface area contributed by atoms with Crippen molar-refractivity contribution in [2.75, 3.05) is 23.8 Å². The van der Waals surface area contributed by atoms with Crippen LogP contribution in [-0.4, -0.2) is 45.3 Å². The van der Waals surface area contributed by atoms with Gasteiger partial charge >= 0.3 is 0 Å². The van der Waals surface area contributed by atoms with Gasteiger partial charge in [-0.1, -0.05) is 0 Å². The van der Waals surface area contributed by atoms with E-state index in [0.29, 0.717) is 17.2 Å². The topological polar surface area (TPSA) is 111 Å². The van der Waals surface area contributed by atoms with Crippen LogP contribution in [0.5, 0.6) is 0 Å². The maximum Gasteiger partial charge on any atom is 0.171 e. The van der Waals surface area contributed by atoms with Crippen molar-refractivity contribution in [2.45, 2.75) is 50.3 Å². The Bertz CT molecular complexity index is 564. The van der Waals surface area contributed by atoms with Gasteiger partial charge in [0.15, 0.2) is 5.82 Å². The summed E-state index contributed by atoms with van der Waals surface area (Å²) >= 11 is 0. The predicted octanol–water partition coefficient (Wildman–Crippen LogP) is 0.384. The van der Waals surface area contributed by atoms with Gasteiger partial charge in [-0.3, -0.25) is 0 Å². The molecule has 2 heterocycles. The fraction of sp³-hybridized carbons (Fsp3) is 0.714. The minimum absolute atomic E-state index is 0.00616. The van der Waals surface area contributed by atoms with E-state index in [-0.39, 0.29) is 18.7 Å². The van der Waals surface area contributed by atoms with Gasteiger partial charge in [0, 0.05) is 6.54 Å². The molecule has 7 heteroatoms. The van der Waals surface area contributed by atoms with Gasteiger partial charge in [0.05, 0.1) is 24.8 Å². The summed E-state index contributed by atoms with van der Waals surface area (Å²) in [5.74, 6) is 0.868. The van der Waals surface area contributed by atoms with Crippen molar-refractivity contribution in [1.82, 2.24) is 9.78 Å². The molecule has 1 aromatic rings. The number of aliphatic hydroxyl groups is 2. The Morgan fingerprint density at radius 1 is 1.33 bits per heavy atom. The Balaban J connectivity index is 2.00. The summed E-state index contributed by atoms with van der Waals surface area (Å²) in [5.41, 5.74) is 6.44. The standard InChI is InChI=1S/C14H21N5O2/c15-7-10-13(16)19(11-4-1-5-12(11)21)17-14(10)18-6-2-3-9(18)8-20/h9,11-12,20-21H,1-6,8,16H2. The Hall–Kier alpha value is -1.78. The molecule has 1 saturated heterocycles. The SMILES string of the molecule is N#Cc1c(N2CCCC2CO)nn(C2CCCC2O)c1N. The molecule has 1 aliphatic heterocycles. The number of anilines is 2. The molecule has 3 atom stereocenters. The molecule has 0 radical (unpaired) electrons. The Kier molecular flexibility index (Phi) is 3.74. The van der Waals surface area contributed by atoms with E-state index in [0.717, 1.165) is 38.6 Å². The van der Waals surface area contributed by atoms with E-state index in [1.165, 1.54) is 0 Å². The summed E-state index contributed by atoms with van der Waals surface area (Å²) in [6, 6.07) is 1.97. The third-order valence-corrected chi connectivity index (χ3v) is 4.66. The van der Waals surface area contributed by atoms with Crippen LogP contribution >= 0.6 is 0 Å². The first-order valence-electron chi connectivity index (χ1n) is 7.51. The van der Waals surface area contributed by atoms with Crippen molar-refractivity contribution in [3.63, 3.8) is 0 Å². The molecule has 2 aliphatic rings. The van der Waals surface area contributed by atoms with Crippen LogP contribution in [0.2, 0.25) is 0 Å². The minimum atomic E-state index is -0.459. The number of aromatic nitrogens is 2. The largest absolute Gasteiger partial charge is 0.394 e. The van der Waals surface area contributed by atoms with E-state index >= 15 is 0 Å². The molecule has 21 heavy (non-hydrogen) atoms. The van der Waals surface area contributed by atoms with Crippen LogP contribution in [0, 0.1) is 11.3 Å². The van der Waals surface area contributed by atoms with Crippen LogP contribution in [0.15, 0.2) is 0 Å². The van der Waals surface area contributed by atoms with E-state index < -0.39 is 6.10 Å². The van der Waals surface area contributed by atoms with Crippen LogP contribution in [0.25, 0.3) is 0 Å². The van der Waals surface area contributed by atoms with Gasteiger partial charge in [0.1, 0.15) is 17.5 Å². The molecule has 0 aromatic carbocycles. The van der Waals surface area contributed by atoms with Gasteiger partial charge in [0.25, 0.3) is 0 Å². The highest BCUT2D eigenvalue weighted by atomic mass is 16.3. The number of nitrogen functional groups attached to an aromatic ring is 1. The van der Waals surface area contributed by atoms with E-state index in [1.54, 1.807) is 4.68 Å². The molecule has 114 valence electrons. The maximum absolute atomic E-state index is 10.1. The van der Waals surface area contributed by atoms with E-state index in [9.17, 15) is 15.5 Å². The van der Waals surface area contributed by atoms with Gasteiger partial charge in [0.2, 0.25) is 0 Å². The molecule has 3 unspecified atom stereocenters. The lowest BCUT2D eigenvalue weighted by Crippen LogP contribution is -2.33. The summed E-state index contributed by atoms with van der Waals surface area (Å²) in [5, 5.41) is 33.4. The number of hydrogen-bond acceptors (Lipinski definition) is 6. The van der Waals surface area contributed by atoms with Crippen molar-refractivity contribution in [1.29, 1.82) is 5.26 Å². The highest BCUT2D eigenvalue weighted by Crippen LogP contribution is 2.36. The van der Waals surface area contributed by atoms with Crippen molar-refractivity contribution < 1.29 is 10.2 Å². The summed E-state index contributed by atoms with van der Waals surface area (Å²) in [6.45, 7) is 0.813. The van der Waals surface area contributed by atoms with Gasteiger partial charge in [-0.2, -0.15) is 10.4 Å². The quantitative estimate of drug-likeness (QED) is 0.742. The average molecular weight is 291 g/mol. The van der Waals surface area contributed by atoms with E-state index in [1.807, 2.05) is 4.90 Å². The third kappa shape index (κ3) is 2.24. The lowest BCUT2D eigenvalue weighted by Gasteiger charge is -2.23. The van der Waals surface area contributed by atoms with Crippen molar-refractivity contribution >= 4 is 11.6 Å². The molecule has 7 nitrogen and oxygen atoms in total. The summed E-state index contributed by atoms with van der Waals surface area (Å²) in [4.78, 5) is 1.97. The zero-order chi connectivity index (χ0) is 15.0. The first-order chi connectivity index (χ1) is 10.2. The van der Waals surface area contributed by atoms with E-state index in [2.05, 4.69) is 11.2 Å². The molecule has 0 bridgehead atoms. The number of nitrogens with two attached hydrogens (primary N) is 1. The summed E-state index contributed by atoms with van der Waals surface area (Å²) in [7, 11) is 0. The number of nitrogens with zero attached hydrogens (tertiary/aromatic N) is 4. The zero-order valence-corrected chi connectivity index (χ0v) is 11.9. The second kappa shape index (κ2) is 5.54. The Morgan fingerprint density at radius 2 is 2.14 bits per heavy atom. The van der Waals surface area contributed by atoms with Gasteiger partial charge in [-0.05, 0) is 32.1 Å². The average Bonchev–Trinajstić information content (AvgIpc) is 3.16. The fourth-order valence-electron chi connectivity index (χ4n) is 3.51. The summed E-state index contributed by atoms with van der Waals surface area (Å²) < 4.78 is 1.61. The molecule has 1 saturated carbocycles. The zero-order valence-electron chi connectivity index (χ0n) is 11.9. The summed E-state index contributed by atoms with van der Waals surface area (Å²) in [6.07, 6.45) is 3.89. The normalized spacial score (nSPS) is 29.0. The lowest BCUT2D eigenvalue weighted by molar-refractivity contribution is 0.131. The van der Waals surface area contributed by atoms with Crippen LogP contribution in [0.3, 0.4) is 0 Å². The van der Waals surface area contributed by atoms with E-state index in [4.69, 9.17) is 5.73 Å². The predicted molar refractivity (Wildman–Crippen MR) is 77.7 cm³/mol. The lowest BCUT2D eigenvalue weighted by atomic mass is 10.2. The molecule has 0 spiro atoms. The Morgan fingerprint density at radius 3 is 2.76 bits per heavy atom. The minimum Gasteiger partial charge on any atom is -0.394 e. The highest BCUT2D eigenvalue weighted by Gasteiger charge is 2.34. The number of nitriles is 1. The number of hydrogen-bond donors (Lipinski definition) is 3. The molecule has 1 aromatic heterocycles. The molecule has 2 fully saturated rings. The van der Waals surface area contributed by atoms with Crippen molar-refractivity contribution in [2.24, 2.45) is 0 Å².